The second kappa shape index (κ2) is 11.0. The Balaban J connectivity index is 0.00000232. The second-order valence-electron chi connectivity index (χ2n) is 4.26. The molecule has 0 fully saturated rings. The van der Waals surface area contributed by atoms with Gasteiger partial charge in [0.1, 0.15) is 11.8 Å². The van der Waals surface area contributed by atoms with Crippen molar-refractivity contribution < 1.29 is 24.2 Å². The molecule has 8 nitrogen and oxygen atoms in total. The van der Waals surface area contributed by atoms with E-state index in [1.165, 1.54) is 0 Å². The van der Waals surface area contributed by atoms with E-state index in [-0.39, 0.29) is 13.0 Å². The van der Waals surface area contributed by atoms with Crippen LogP contribution in [0.1, 0.15) is 19.4 Å². The van der Waals surface area contributed by atoms with Gasteiger partial charge in [0.05, 0.1) is 6.54 Å². The molecule has 0 aliphatic heterocycles. The van der Waals surface area contributed by atoms with Crippen LogP contribution in [0, 0.1) is 0 Å². The minimum atomic E-state index is -1.07. The average molecular weight is 325 g/mol. The molecule has 1 aromatic rings. The summed E-state index contributed by atoms with van der Waals surface area (Å²) in [5.74, 6) is -1.82. The first-order valence-electron chi connectivity index (χ1n) is 7.14. The molecule has 0 aliphatic rings. The van der Waals surface area contributed by atoms with Gasteiger partial charge in [0, 0.05) is 6.42 Å². The molecule has 23 heavy (non-hydrogen) atoms. The fourth-order valence-electron chi connectivity index (χ4n) is 1.58. The van der Waals surface area contributed by atoms with Gasteiger partial charge in [0.25, 0.3) is 0 Å². The molecular formula is C15H23N3O5. The molecule has 0 saturated carbocycles. The Bertz CT molecular complexity index is 516. The number of benzene rings is 1. The minimum absolute atomic E-state index is 0.209. The van der Waals surface area contributed by atoms with Crippen molar-refractivity contribution in [2.75, 3.05) is 13.2 Å². The number of hydrogen-bond acceptors (Lipinski definition) is 5. The second-order valence-corrected chi connectivity index (χ2v) is 4.26. The molecule has 0 aliphatic carbocycles. The standard InChI is InChI=1S/C13H17N3O5.C2H6/c14-6-11(17)16-10(13(15)20)5-8-1-3-9(4-2-8)21-7-12(18)19;1-2/h1-4,10H,5-7,14H2,(H2,15,20)(H,16,17)(H,18,19);1-2H3/t10-;/m0./s1. The molecule has 0 saturated heterocycles. The molecule has 0 radical (unpaired) electrons. The molecule has 1 aromatic carbocycles. The highest BCUT2D eigenvalue weighted by Crippen LogP contribution is 2.13. The summed E-state index contributed by atoms with van der Waals surface area (Å²) in [5.41, 5.74) is 11.1. The lowest BCUT2D eigenvalue weighted by Gasteiger charge is -2.15. The summed E-state index contributed by atoms with van der Waals surface area (Å²) in [6.45, 7) is 3.33. The average Bonchev–Trinajstić information content (AvgIpc) is 2.55. The smallest absolute Gasteiger partial charge is 0.341 e. The van der Waals surface area contributed by atoms with E-state index >= 15 is 0 Å². The summed E-state index contributed by atoms with van der Waals surface area (Å²) in [7, 11) is 0. The maximum atomic E-state index is 11.3. The number of primary amides is 1. The van der Waals surface area contributed by atoms with E-state index in [2.05, 4.69) is 5.32 Å². The number of carbonyl (C=O) groups is 3. The Kier molecular flexibility index (Phi) is 9.77. The molecule has 8 heteroatoms. The van der Waals surface area contributed by atoms with Crippen molar-refractivity contribution in [1.82, 2.24) is 5.32 Å². The molecule has 0 aromatic heterocycles. The molecule has 0 heterocycles. The zero-order valence-electron chi connectivity index (χ0n) is 13.2. The fraction of sp³-hybridized carbons (Fsp3) is 0.400. The number of nitrogens with two attached hydrogens (primary N) is 2. The Labute approximate surface area is 134 Å². The number of hydrogen-bond donors (Lipinski definition) is 4. The van der Waals surface area contributed by atoms with Crippen molar-refractivity contribution in [1.29, 1.82) is 0 Å². The van der Waals surface area contributed by atoms with Crippen LogP contribution in [0.5, 0.6) is 5.75 Å². The van der Waals surface area contributed by atoms with Crippen LogP contribution in [0.3, 0.4) is 0 Å². The van der Waals surface area contributed by atoms with Gasteiger partial charge < -0.3 is 26.6 Å². The number of carbonyl (C=O) groups excluding carboxylic acids is 2. The van der Waals surface area contributed by atoms with E-state index in [1.54, 1.807) is 24.3 Å². The zero-order valence-corrected chi connectivity index (χ0v) is 13.2. The topological polar surface area (TPSA) is 145 Å². The Hall–Kier alpha value is -2.61. The summed E-state index contributed by atoms with van der Waals surface area (Å²) in [4.78, 5) is 32.8. The molecule has 1 atom stereocenters. The molecule has 0 unspecified atom stereocenters. The van der Waals surface area contributed by atoms with Crippen LogP contribution in [0.2, 0.25) is 0 Å². The largest absolute Gasteiger partial charge is 0.482 e. The summed E-state index contributed by atoms with van der Waals surface area (Å²) in [6.07, 6.45) is 0.209. The predicted molar refractivity (Wildman–Crippen MR) is 84.8 cm³/mol. The van der Waals surface area contributed by atoms with E-state index in [4.69, 9.17) is 21.3 Å². The van der Waals surface area contributed by atoms with Gasteiger partial charge in [-0.3, -0.25) is 9.59 Å². The van der Waals surface area contributed by atoms with Gasteiger partial charge in [-0.15, -0.1) is 0 Å². The Morgan fingerprint density at radius 2 is 1.78 bits per heavy atom. The van der Waals surface area contributed by atoms with Crippen molar-refractivity contribution in [2.45, 2.75) is 26.3 Å². The van der Waals surface area contributed by atoms with Crippen LogP contribution in [-0.4, -0.2) is 42.1 Å². The van der Waals surface area contributed by atoms with Crippen molar-refractivity contribution in [3.63, 3.8) is 0 Å². The van der Waals surface area contributed by atoms with E-state index < -0.39 is 30.4 Å². The van der Waals surface area contributed by atoms with Gasteiger partial charge in [-0.25, -0.2) is 4.79 Å². The normalized spacial score (nSPS) is 10.7. The molecule has 6 N–H and O–H groups in total. The first-order valence-corrected chi connectivity index (χ1v) is 7.14. The first-order chi connectivity index (χ1) is 10.9. The van der Waals surface area contributed by atoms with E-state index in [1.807, 2.05) is 13.8 Å². The third-order valence-electron chi connectivity index (χ3n) is 2.59. The highest BCUT2D eigenvalue weighted by molar-refractivity contribution is 5.87. The quantitative estimate of drug-likeness (QED) is 0.514. The highest BCUT2D eigenvalue weighted by atomic mass is 16.5. The number of rotatable bonds is 8. The molecule has 128 valence electrons. The Morgan fingerprint density at radius 3 is 2.22 bits per heavy atom. The zero-order chi connectivity index (χ0) is 17.8. The van der Waals surface area contributed by atoms with E-state index in [0.29, 0.717) is 5.75 Å². The van der Waals surface area contributed by atoms with Crippen molar-refractivity contribution in [2.24, 2.45) is 11.5 Å². The number of carboxylic acid groups (broad SMARTS) is 1. The van der Waals surface area contributed by atoms with Gasteiger partial charge in [0.15, 0.2) is 6.61 Å². The van der Waals surface area contributed by atoms with Crippen LogP contribution < -0.4 is 21.5 Å². The SMILES string of the molecule is CC.NCC(=O)N[C@@H](Cc1ccc(OCC(=O)O)cc1)C(N)=O. The van der Waals surface area contributed by atoms with Crippen molar-refractivity contribution >= 4 is 17.8 Å². The van der Waals surface area contributed by atoms with E-state index in [9.17, 15) is 14.4 Å². The number of nitrogens with one attached hydrogen (secondary N) is 1. The van der Waals surface area contributed by atoms with Gasteiger partial charge in [-0.1, -0.05) is 26.0 Å². The molecule has 1 rings (SSSR count). The lowest BCUT2D eigenvalue weighted by Crippen LogP contribution is -2.47. The van der Waals surface area contributed by atoms with Crippen LogP contribution in [0.25, 0.3) is 0 Å². The molecule has 2 amide bonds. The van der Waals surface area contributed by atoms with Crippen molar-refractivity contribution in [3.8, 4) is 5.75 Å². The number of aliphatic carboxylic acids is 1. The van der Waals surface area contributed by atoms with Crippen molar-refractivity contribution in [3.05, 3.63) is 29.8 Å². The van der Waals surface area contributed by atoms with Gasteiger partial charge in [-0.05, 0) is 17.7 Å². The van der Waals surface area contributed by atoms with Gasteiger partial charge in [0.2, 0.25) is 11.8 Å². The van der Waals surface area contributed by atoms with Crippen LogP contribution in [-0.2, 0) is 20.8 Å². The maximum Gasteiger partial charge on any atom is 0.341 e. The fourth-order valence-corrected chi connectivity index (χ4v) is 1.58. The molecule has 0 bridgehead atoms. The summed E-state index contributed by atoms with van der Waals surface area (Å²) in [6, 6.07) is 5.60. The van der Waals surface area contributed by atoms with E-state index in [0.717, 1.165) is 5.56 Å². The Morgan fingerprint density at radius 1 is 1.22 bits per heavy atom. The van der Waals surface area contributed by atoms with Gasteiger partial charge in [-0.2, -0.15) is 0 Å². The maximum absolute atomic E-state index is 11.3. The number of carboxylic acids is 1. The van der Waals surface area contributed by atoms with Crippen LogP contribution in [0.15, 0.2) is 24.3 Å². The minimum Gasteiger partial charge on any atom is -0.482 e. The van der Waals surface area contributed by atoms with Crippen LogP contribution in [0.4, 0.5) is 0 Å². The number of ether oxygens (including phenoxy) is 1. The third-order valence-corrected chi connectivity index (χ3v) is 2.59. The number of amides is 2. The monoisotopic (exact) mass is 325 g/mol. The first kappa shape index (κ1) is 20.4. The lowest BCUT2D eigenvalue weighted by molar-refractivity contribution is -0.139. The third kappa shape index (κ3) is 8.42. The van der Waals surface area contributed by atoms with Crippen LogP contribution >= 0.6 is 0 Å². The van der Waals surface area contributed by atoms with Gasteiger partial charge >= 0.3 is 5.97 Å². The predicted octanol–water partition coefficient (Wildman–Crippen LogP) is -0.352. The lowest BCUT2D eigenvalue weighted by atomic mass is 10.1. The summed E-state index contributed by atoms with van der Waals surface area (Å²) in [5, 5.41) is 10.9. The summed E-state index contributed by atoms with van der Waals surface area (Å²) >= 11 is 0. The summed E-state index contributed by atoms with van der Waals surface area (Å²) < 4.78 is 4.98. The highest BCUT2D eigenvalue weighted by Gasteiger charge is 2.17. The molecule has 0 spiro atoms. The molecular weight excluding hydrogens is 302 g/mol.